The number of fused-ring (bicyclic) bond motifs is 3. The summed E-state index contributed by atoms with van der Waals surface area (Å²) in [7, 11) is 1.96. The van der Waals surface area contributed by atoms with E-state index in [0.29, 0.717) is 12.2 Å². The van der Waals surface area contributed by atoms with Crippen LogP contribution in [0.5, 0.6) is 0 Å². The van der Waals surface area contributed by atoms with Crippen LogP contribution in [0.4, 0.5) is 11.4 Å². The molecule has 23 heavy (non-hydrogen) atoms. The largest absolute Gasteiger partial charge is 0.374 e. The number of amides is 2. The Morgan fingerprint density at radius 3 is 2.52 bits per heavy atom. The van der Waals surface area contributed by atoms with E-state index in [2.05, 4.69) is 20.8 Å². The van der Waals surface area contributed by atoms with E-state index in [0.717, 1.165) is 15.7 Å². The zero-order chi connectivity index (χ0) is 16.1. The van der Waals surface area contributed by atoms with Crippen molar-refractivity contribution >= 4 is 39.1 Å². The third-order valence-electron chi connectivity index (χ3n) is 4.65. The van der Waals surface area contributed by atoms with Crippen LogP contribution in [0.1, 0.15) is 11.5 Å². The number of halogens is 1. The van der Waals surface area contributed by atoms with Crippen molar-refractivity contribution in [3.8, 4) is 0 Å². The van der Waals surface area contributed by atoms with Crippen LogP contribution in [0.3, 0.4) is 0 Å². The molecule has 0 spiro atoms. The normalized spacial score (nSPS) is 23.0. The lowest BCUT2D eigenvalue weighted by molar-refractivity contribution is -0.122. The van der Waals surface area contributed by atoms with Crippen LogP contribution in [0.2, 0.25) is 0 Å². The summed E-state index contributed by atoms with van der Waals surface area (Å²) in [4.78, 5) is 29.3. The first-order valence-electron chi connectivity index (χ1n) is 7.51. The van der Waals surface area contributed by atoms with Crippen LogP contribution in [0.15, 0.2) is 53.0 Å². The van der Waals surface area contributed by atoms with Crippen LogP contribution in [0, 0.1) is 5.92 Å². The molecule has 0 radical (unpaired) electrons. The summed E-state index contributed by atoms with van der Waals surface area (Å²) in [5.41, 5.74) is 2.59. The number of benzene rings is 2. The molecule has 2 aliphatic heterocycles. The molecule has 2 atom stereocenters. The van der Waals surface area contributed by atoms with Gasteiger partial charge in [0, 0.05) is 23.8 Å². The zero-order valence-corrected chi connectivity index (χ0v) is 14.2. The van der Waals surface area contributed by atoms with E-state index in [1.54, 1.807) is 12.1 Å². The number of hydrogen-bond donors (Lipinski definition) is 0. The highest BCUT2D eigenvalue weighted by Crippen LogP contribution is 2.45. The molecule has 0 N–H and O–H groups in total. The van der Waals surface area contributed by atoms with E-state index in [1.165, 1.54) is 4.90 Å². The molecule has 0 aliphatic carbocycles. The minimum atomic E-state index is -0.397. The van der Waals surface area contributed by atoms with Crippen molar-refractivity contribution in [1.82, 2.24) is 0 Å². The van der Waals surface area contributed by atoms with Crippen LogP contribution in [-0.4, -0.2) is 25.4 Å². The van der Waals surface area contributed by atoms with Gasteiger partial charge in [-0.1, -0.05) is 34.1 Å². The summed E-state index contributed by atoms with van der Waals surface area (Å²) in [6.45, 7) is 0.563. The number of imide groups is 1. The van der Waals surface area contributed by atoms with Crippen LogP contribution in [-0.2, 0) is 9.59 Å². The Labute approximate surface area is 142 Å². The molecule has 0 bridgehead atoms. The number of nitrogens with zero attached hydrogens (tertiary/aromatic N) is 2. The van der Waals surface area contributed by atoms with Gasteiger partial charge in [0.25, 0.3) is 0 Å². The Balaban J connectivity index is 1.84. The fraction of sp³-hybridized carbons (Fsp3) is 0.222. The fourth-order valence-electron chi connectivity index (χ4n) is 3.61. The minimum absolute atomic E-state index is 0.108. The molecule has 2 aromatic carbocycles. The quantitative estimate of drug-likeness (QED) is 0.723. The molecule has 2 heterocycles. The molecular formula is C18H15BrN2O2. The maximum Gasteiger partial charge on any atom is 0.242 e. The van der Waals surface area contributed by atoms with Crippen molar-refractivity contribution in [2.24, 2.45) is 5.92 Å². The zero-order valence-electron chi connectivity index (χ0n) is 12.6. The van der Waals surface area contributed by atoms with Crippen LogP contribution >= 0.6 is 15.9 Å². The van der Waals surface area contributed by atoms with Gasteiger partial charge >= 0.3 is 0 Å². The van der Waals surface area contributed by atoms with E-state index in [9.17, 15) is 9.59 Å². The van der Waals surface area contributed by atoms with Gasteiger partial charge in [0.2, 0.25) is 11.8 Å². The number of para-hydroxylation sites is 1. The van der Waals surface area contributed by atoms with E-state index in [4.69, 9.17) is 0 Å². The Morgan fingerprint density at radius 2 is 1.78 bits per heavy atom. The number of carbonyl (C=O) groups excluding carboxylic acids is 2. The predicted octanol–water partition coefficient (Wildman–Crippen LogP) is 3.17. The Morgan fingerprint density at radius 1 is 1.04 bits per heavy atom. The van der Waals surface area contributed by atoms with Gasteiger partial charge in [0.05, 0.1) is 17.5 Å². The van der Waals surface area contributed by atoms with Crippen molar-refractivity contribution in [3.05, 3.63) is 58.6 Å². The standard InChI is InChI=1S/C18H15BrN2O2/c1-20-10-14-16(13-9-11(19)7-8-15(13)20)18(23)21(17(14)22)12-5-3-2-4-6-12/h2-9,14,16H,10H2,1H3/t14-,16+/m1/s1. The molecule has 2 aromatic rings. The molecule has 1 saturated heterocycles. The second-order valence-corrected chi connectivity index (χ2v) is 6.93. The molecule has 0 saturated carbocycles. The first-order valence-corrected chi connectivity index (χ1v) is 8.30. The van der Waals surface area contributed by atoms with Crippen LogP contribution < -0.4 is 9.80 Å². The van der Waals surface area contributed by atoms with E-state index < -0.39 is 5.92 Å². The average molecular weight is 371 g/mol. The topological polar surface area (TPSA) is 40.6 Å². The summed E-state index contributed by atoms with van der Waals surface area (Å²) in [6.07, 6.45) is 0. The average Bonchev–Trinajstić information content (AvgIpc) is 2.79. The molecule has 5 heteroatoms. The summed E-state index contributed by atoms with van der Waals surface area (Å²) < 4.78 is 0.920. The lowest BCUT2D eigenvalue weighted by atomic mass is 9.83. The van der Waals surface area contributed by atoms with Gasteiger partial charge in [-0.3, -0.25) is 9.59 Å². The van der Waals surface area contributed by atoms with E-state index >= 15 is 0 Å². The maximum atomic E-state index is 13.0. The molecule has 1 fully saturated rings. The van der Waals surface area contributed by atoms with Gasteiger partial charge in [0.1, 0.15) is 0 Å². The SMILES string of the molecule is CN1C[C@H]2C(=O)N(c3ccccc3)C(=O)[C@H]2c2cc(Br)ccc21. The van der Waals surface area contributed by atoms with E-state index in [1.807, 2.05) is 43.4 Å². The van der Waals surface area contributed by atoms with E-state index in [-0.39, 0.29) is 17.7 Å². The van der Waals surface area contributed by atoms with Crippen molar-refractivity contribution in [2.75, 3.05) is 23.4 Å². The smallest absolute Gasteiger partial charge is 0.242 e. The molecule has 116 valence electrons. The Hall–Kier alpha value is -2.14. The Bertz CT molecular complexity index is 806. The highest BCUT2D eigenvalue weighted by molar-refractivity contribution is 9.10. The molecule has 0 unspecified atom stereocenters. The number of carbonyl (C=O) groups is 2. The summed E-state index contributed by atoms with van der Waals surface area (Å²) in [5.74, 6) is -0.955. The lowest BCUT2D eigenvalue weighted by Gasteiger charge is -2.33. The van der Waals surface area contributed by atoms with Gasteiger partial charge in [-0.2, -0.15) is 0 Å². The molecular weight excluding hydrogens is 356 g/mol. The van der Waals surface area contributed by atoms with Crippen molar-refractivity contribution in [1.29, 1.82) is 0 Å². The number of hydrogen-bond acceptors (Lipinski definition) is 3. The molecule has 2 aliphatic rings. The van der Waals surface area contributed by atoms with Crippen molar-refractivity contribution in [3.63, 3.8) is 0 Å². The minimum Gasteiger partial charge on any atom is -0.374 e. The Kier molecular flexibility index (Phi) is 3.27. The van der Waals surface area contributed by atoms with Gasteiger partial charge < -0.3 is 4.90 Å². The first kappa shape index (κ1) is 14.5. The van der Waals surface area contributed by atoms with Gasteiger partial charge in [-0.05, 0) is 35.9 Å². The summed E-state index contributed by atoms with van der Waals surface area (Å²) in [6, 6.07) is 15.1. The third-order valence-corrected chi connectivity index (χ3v) is 5.14. The van der Waals surface area contributed by atoms with Crippen molar-refractivity contribution < 1.29 is 9.59 Å². The molecule has 4 nitrogen and oxygen atoms in total. The summed E-state index contributed by atoms with van der Waals surface area (Å²) in [5, 5.41) is 0. The lowest BCUT2D eigenvalue weighted by Crippen LogP contribution is -2.37. The first-order chi connectivity index (χ1) is 11.1. The van der Waals surface area contributed by atoms with Crippen LogP contribution in [0.25, 0.3) is 0 Å². The third kappa shape index (κ3) is 2.10. The highest BCUT2D eigenvalue weighted by atomic mass is 79.9. The maximum absolute atomic E-state index is 13.0. The number of anilines is 2. The molecule has 0 aromatic heterocycles. The predicted molar refractivity (Wildman–Crippen MR) is 92.6 cm³/mol. The van der Waals surface area contributed by atoms with Gasteiger partial charge in [-0.15, -0.1) is 0 Å². The summed E-state index contributed by atoms with van der Waals surface area (Å²) >= 11 is 3.47. The second kappa shape index (κ2) is 5.20. The monoisotopic (exact) mass is 370 g/mol. The molecule has 2 amide bonds. The second-order valence-electron chi connectivity index (χ2n) is 6.02. The van der Waals surface area contributed by atoms with Gasteiger partial charge in [-0.25, -0.2) is 4.90 Å². The molecule has 4 rings (SSSR count). The highest BCUT2D eigenvalue weighted by Gasteiger charge is 2.52. The van der Waals surface area contributed by atoms with Crippen molar-refractivity contribution in [2.45, 2.75) is 5.92 Å². The number of rotatable bonds is 1. The fourth-order valence-corrected chi connectivity index (χ4v) is 3.99. The van der Waals surface area contributed by atoms with Gasteiger partial charge in [0.15, 0.2) is 0 Å².